The molecule has 0 saturated carbocycles. The van der Waals surface area contributed by atoms with Crippen molar-refractivity contribution in [3.05, 3.63) is 17.5 Å². The summed E-state index contributed by atoms with van der Waals surface area (Å²) in [5.74, 6) is -0.748. The molecular weight excluding hydrogens is 182 g/mol. The Morgan fingerprint density at radius 1 is 1.79 bits per heavy atom. The Labute approximate surface area is 82.8 Å². The zero-order chi connectivity index (χ0) is 10.7. The van der Waals surface area contributed by atoms with Gasteiger partial charge in [-0.2, -0.15) is 5.10 Å². The number of aromatic nitrogens is 2. The molecule has 78 valence electrons. The number of carbonyl (C=O) groups excluding carboxylic acids is 1. The summed E-state index contributed by atoms with van der Waals surface area (Å²) in [4.78, 5) is 11.4. The number of ether oxygens (including phenoxy) is 1. The van der Waals surface area contributed by atoms with Crippen molar-refractivity contribution in [3.63, 3.8) is 0 Å². The van der Waals surface area contributed by atoms with Gasteiger partial charge in [0.05, 0.1) is 18.5 Å². The summed E-state index contributed by atoms with van der Waals surface area (Å²) in [5, 5.41) is 4.15. The lowest BCUT2D eigenvalue weighted by Crippen LogP contribution is -2.24. The molecule has 1 unspecified atom stereocenters. The molecule has 0 aliphatic heterocycles. The normalized spacial score (nSPS) is 12.6. The van der Waals surface area contributed by atoms with Gasteiger partial charge < -0.3 is 10.5 Å². The molecule has 2 N–H and O–H groups in total. The number of carbonyl (C=O) groups is 1. The average Bonchev–Trinajstić information content (AvgIpc) is 2.47. The fourth-order valence-electron chi connectivity index (χ4n) is 1.44. The van der Waals surface area contributed by atoms with Crippen LogP contribution in [0, 0.1) is 6.92 Å². The Balaban J connectivity index is 3.00. The van der Waals surface area contributed by atoms with E-state index in [0.29, 0.717) is 0 Å². The van der Waals surface area contributed by atoms with Crippen LogP contribution in [-0.4, -0.2) is 29.4 Å². The quantitative estimate of drug-likeness (QED) is 0.689. The van der Waals surface area contributed by atoms with E-state index < -0.39 is 5.92 Å². The minimum atomic E-state index is -0.425. The van der Waals surface area contributed by atoms with Gasteiger partial charge in [0.15, 0.2) is 0 Å². The first-order valence-corrected chi connectivity index (χ1v) is 4.38. The highest BCUT2D eigenvalue weighted by atomic mass is 16.5. The monoisotopic (exact) mass is 197 g/mol. The maximum absolute atomic E-state index is 11.4. The lowest BCUT2D eigenvalue weighted by Gasteiger charge is -2.11. The fraction of sp³-hybridized carbons (Fsp3) is 0.556. The van der Waals surface area contributed by atoms with Gasteiger partial charge >= 0.3 is 5.97 Å². The molecule has 5 nitrogen and oxygen atoms in total. The summed E-state index contributed by atoms with van der Waals surface area (Å²) in [6.07, 6.45) is 0. The van der Waals surface area contributed by atoms with Crippen LogP contribution < -0.4 is 5.73 Å². The third-order valence-corrected chi connectivity index (χ3v) is 2.12. The highest BCUT2D eigenvalue weighted by molar-refractivity contribution is 5.77. The molecule has 1 rings (SSSR count). The van der Waals surface area contributed by atoms with Crippen LogP contribution in [0.5, 0.6) is 0 Å². The number of esters is 1. The van der Waals surface area contributed by atoms with Crippen LogP contribution in [0.25, 0.3) is 0 Å². The molecule has 0 saturated heterocycles. The van der Waals surface area contributed by atoms with Crippen molar-refractivity contribution in [1.29, 1.82) is 0 Å². The summed E-state index contributed by atoms with van der Waals surface area (Å²) in [6.45, 7) is 2.10. The number of rotatable bonds is 3. The van der Waals surface area contributed by atoms with Gasteiger partial charge in [0.25, 0.3) is 0 Å². The zero-order valence-electron chi connectivity index (χ0n) is 8.65. The maximum Gasteiger partial charge on any atom is 0.316 e. The number of aryl methyl sites for hydroxylation is 2. The zero-order valence-corrected chi connectivity index (χ0v) is 8.65. The van der Waals surface area contributed by atoms with E-state index >= 15 is 0 Å². The number of hydrogen-bond donors (Lipinski definition) is 1. The van der Waals surface area contributed by atoms with Crippen molar-refractivity contribution in [2.45, 2.75) is 12.8 Å². The Morgan fingerprint density at radius 2 is 2.43 bits per heavy atom. The van der Waals surface area contributed by atoms with Crippen LogP contribution in [0.1, 0.15) is 17.3 Å². The summed E-state index contributed by atoms with van der Waals surface area (Å²) in [7, 11) is 3.14. The van der Waals surface area contributed by atoms with Gasteiger partial charge in [-0.3, -0.25) is 9.48 Å². The van der Waals surface area contributed by atoms with E-state index in [1.54, 1.807) is 11.7 Å². The SMILES string of the molecule is COC(=O)C(CN)c1cc(C)nn1C. The van der Waals surface area contributed by atoms with Crippen molar-refractivity contribution in [2.75, 3.05) is 13.7 Å². The van der Waals surface area contributed by atoms with Gasteiger partial charge in [-0.25, -0.2) is 0 Å². The first kappa shape index (κ1) is 10.7. The van der Waals surface area contributed by atoms with Gasteiger partial charge in [0.1, 0.15) is 5.92 Å². The Kier molecular flexibility index (Phi) is 3.24. The third kappa shape index (κ3) is 1.93. The van der Waals surface area contributed by atoms with Crippen LogP contribution in [0.15, 0.2) is 6.07 Å². The van der Waals surface area contributed by atoms with Gasteiger partial charge in [-0.05, 0) is 13.0 Å². The van der Waals surface area contributed by atoms with Gasteiger partial charge in [0.2, 0.25) is 0 Å². The molecular formula is C9H15N3O2. The molecule has 0 spiro atoms. The molecule has 0 amide bonds. The minimum absolute atomic E-state index is 0.228. The smallest absolute Gasteiger partial charge is 0.316 e. The first-order valence-electron chi connectivity index (χ1n) is 4.38. The predicted molar refractivity (Wildman–Crippen MR) is 51.8 cm³/mol. The highest BCUT2D eigenvalue weighted by Crippen LogP contribution is 2.16. The largest absolute Gasteiger partial charge is 0.468 e. The summed E-state index contributed by atoms with van der Waals surface area (Å²) >= 11 is 0. The van der Waals surface area contributed by atoms with Crippen LogP contribution >= 0.6 is 0 Å². The topological polar surface area (TPSA) is 70.1 Å². The van der Waals surface area contributed by atoms with Crippen molar-refractivity contribution in [3.8, 4) is 0 Å². The van der Waals surface area contributed by atoms with E-state index in [0.717, 1.165) is 11.4 Å². The molecule has 5 heteroatoms. The van der Waals surface area contributed by atoms with Gasteiger partial charge in [-0.15, -0.1) is 0 Å². The van der Waals surface area contributed by atoms with Crippen molar-refractivity contribution >= 4 is 5.97 Å². The molecule has 0 fully saturated rings. The van der Waals surface area contributed by atoms with E-state index in [1.807, 2.05) is 13.0 Å². The average molecular weight is 197 g/mol. The van der Waals surface area contributed by atoms with E-state index in [-0.39, 0.29) is 12.5 Å². The van der Waals surface area contributed by atoms with Gasteiger partial charge in [0, 0.05) is 13.6 Å². The number of nitrogens with two attached hydrogens (primary N) is 1. The molecule has 0 aliphatic carbocycles. The minimum Gasteiger partial charge on any atom is -0.468 e. The number of hydrogen-bond acceptors (Lipinski definition) is 4. The van der Waals surface area contributed by atoms with Crippen molar-refractivity contribution in [2.24, 2.45) is 12.8 Å². The van der Waals surface area contributed by atoms with Crippen molar-refractivity contribution in [1.82, 2.24) is 9.78 Å². The molecule has 14 heavy (non-hydrogen) atoms. The summed E-state index contributed by atoms with van der Waals surface area (Å²) < 4.78 is 6.32. The van der Waals surface area contributed by atoms with Crippen LogP contribution in [0.3, 0.4) is 0 Å². The van der Waals surface area contributed by atoms with Gasteiger partial charge in [-0.1, -0.05) is 0 Å². The second kappa shape index (κ2) is 4.23. The van der Waals surface area contributed by atoms with E-state index in [9.17, 15) is 4.79 Å². The van der Waals surface area contributed by atoms with Crippen LogP contribution in [-0.2, 0) is 16.6 Å². The van der Waals surface area contributed by atoms with Crippen LogP contribution in [0.2, 0.25) is 0 Å². The third-order valence-electron chi connectivity index (χ3n) is 2.12. The highest BCUT2D eigenvalue weighted by Gasteiger charge is 2.23. The van der Waals surface area contributed by atoms with Crippen LogP contribution in [0.4, 0.5) is 0 Å². The standard InChI is InChI=1S/C9H15N3O2/c1-6-4-8(12(2)11-6)7(5-10)9(13)14-3/h4,7H,5,10H2,1-3H3. The van der Waals surface area contributed by atoms with E-state index in [2.05, 4.69) is 9.84 Å². The summed E-state index contributed by atoms with van der Waals surface area (Å²) in [6, 6.07) is 1.84. The second-order valence-electron chi connectivity index (χ2n) is 3.15. The van der Waals surface area contributed by atoms with E-state index in [4.69, 9.17) is 5.73 Å². The molecule has 1 atom stereocenters. The molecule has 1 aromatic heterocycles. The number of nitrogens with zero attached hydrogens (tertiary/aromatic N) is 2. The molecule has 1 heterocycles. The molecule has 1 aromatic rings. The fourth-order valence-corrected chi connectivity index (χ4v) is 1.44. The lowest BCUT2D eigenvalue weighted by molar-refractivity contribution is -0.142. The molecule has 0 aliphatic rings. The maximum atomic E-state index is 11.4. The van der Waals surface area contributed by atoms with Crippen molar-refractivity contribution < 1.29 is 9.53 Å². The Hall–Kier alpha value is -1.36. The molecule has 0 bridgehead atoms. The Bertz CT molecular complexity index is 333. The molecule has 0 aromatic carbocycles. The lowest BCUT2D eigenvalue weighted by atomic mass is 10.1. The summed E-state index contributed by atoms with van der Waals surface area (Å²) in [5.41, 5.74) is 7.17. The number of methoxy groups -OCH3 is 1. The predicted octanol–water partition coefficient (Wildman–Crippen LogP) is -0.0562. The molecule has 0 radical (unpaired) electrons. The van der Waals surface area contributed by atoms with E-state index in [1.165, 1.54) is 7.11 Å². The Morgan fingerprint density at radius 3 is 2.79 bits per heavy atom. The second-order valence-corrected chi connectivity index (χ2v) is 3.15. The first-order chi connectivity index (χ1) is 6.60.